The van der Waals surface area contributed by atoms with E-state index in [0.29, 0.717) is 12.2 Å². The van der Waals surface area contributed by atoms with Crippen LogP contribution in [0.25, 0.3) is 0 Å². The van der Waals surface area contributed by atoms with Gasteiger partial charge < -0.3 is 15.6 Å². The molecule has 2 N–H and O–H groups in total. The standard InChI is InChI=1S/C9H12N2O3S/c1-2-4-3-15-8-5(10)7(12)11(8)6(4)9(13)14/h5,8H,2-3,10H2,1H3,(H,13,14)/p-1/t5-,8+/m0/s1. The fourth-order valence-corrected chi connectivity index (χ4v) is 3.23. The number of carboxylic acid groups (broad SMARTS) is 1. The van der Waals surface area contributed by atoms with Gasteiger partial charge in [0.25, 0.3) is 0 Å². The average Bonchev–Trinajstić information content (AvgIpc) is 2.25. The second-order valence-corrected chi connectivity index (χ2v) is 4.63. The zero-order valence-electron chi connectivity index (χ0n) is 8.23. The molecule has 2 atom stereocenters. The smallest absolute Gasteiger partial charge is 0.248 e. The molecule has 2 rings (SSSR count). The normalized spacial score (nSPS) is 30.0. The van der Waals surface area contributed by atoms with E-state index in [0.717, 1.165) is 5.57 Å². The van der Waals surface area contributed by atoms with E-state index in [1.54, 1.807) is 0 Å². The predicted octanol–water partition coefficient (Wildman–Crippen LogP) is -1.36. The van der Waals surface area contributed by atoms with Gasteiger partial charge in [-0.05, 0) is 12.0 Å². The molecule has 0 unspecified atom stereocenters. The zero-order valence-corrected chi connectivity index (χ0v) is 9.04. The first kappa shape index (κ1) is 10.5. The van der Waals surface area contributed by atoms with Crippen LogP contribution in [0, 0.1) is 0 Å². The Kier molecular flexibility index (Phi) is 2.47. The van der Waals surface area contributed by atoms with Crippen LogP contribution in [0.2, 0.25) is 0 Å². The van der Waals surface area contributed by atoms with Gasteiger partial charge in [-0.3, -0.25) is 9.69 Å². The van der Waals surface area contributed by atoms with E-state index in [9.17, 15) is 14.7 Å². The number of hydrogen-bond acceptors (Lipinski definition) is 5. The molecule has 0 aromatic carbocycles. The van der Waals surface area contributed by atoms with E-state index < -0.39 is 12.0 Å². The molecular formula is C9H11N2O3S-. The number of rotatable bonds is 2. The number of hydrogen-bond donors (Lipinski definition) is 1. The lowest BCUT2D eigenvalue weighted by molar-refractivity contribution is -0.301. The lowest BCUT2D eigenvalue weighted by Gasteiger charge is -2.49. The highest BCUT2D eigenvalue weighted by Crippen LogP contribution is 2.39. The van der Waals surface area contributed by atoms with Gasteiger partial charge in [-0.25, -0.2) is 0 Å². The molecule has 6 heteroatoms. The number of aliphatic carboxylic acids is 1. The van der Waals surface area contributed by atoms with Crippen molar-refractivity contribution in [1.82, 2.24) is 4.90 Å². The fraction of sp³-hybridized carbons (Fsp3) is 0.556. The number of carbonyl (C=O) groups excluding carboxylic acids is 2. The van der Waals surface area contributed by atoms with E-state index in [2.05, 4.69) is 0 Å². The minimum atomic E-state index is -1.28. The minimum Gasteiger partial charge on any atom is -0.543 e. The summed E-state index contributed by atoms with van der Waals surface area (Å²) in [6.07, 6.45) is 0.613. The molecule has 0 aromatic heterocycles. The SMILES string of the molecule is CCC1=C(C(=O)[O-])N2C(=O)[C@H](N)[C@H]2SC1. The number of nitrogens with zero attached hydrogens (tertiary/aromatic N) is 1. The van der Waals surface area contributed by atoms with Crippen molar-refractivity contribution in [3.8, 4) is 0 Å². The average molecular weight is 227 g/mol. The van der Waals surface area contributed by atoms with Crippen molar-refractivity contribution in [1.29, 1.82) is 0 Å². The summed E-state index contributed by atoms with van der Waals surface area (Å²) in [5, 5.41) is 10.7. The number of fused-ring (bicyclic) bond motifs is 1. The summed E-state index contributed by atoms with van der Waals surface area (Å²) in [4.78, 5) is 23.6. The minimum absolute atomic E-state index is 0.0351. The summed E-state index contributed by atoms with van der Waals surface area (Å²) in [5.74, 6) is -0.989. The molecule has 1 saturated heterocycles. The predicted molar refractivity (Wildman–Crippen MR) is 53.4 cm³/mol. The van der Waals surface area contributed by atoms with Gasteiger partial charge in [0.2, 0.25) is 5.91 Å². The van der Waals surface area contributed by atoms with Gasteiger partial charge in [0.15, 0.2) is 0 Å². The van der Waals surface area contributed by atoms with Gasteiger partial charge in [0.05, 0.1) is 11.7 Å². The van der Waals surface area contributed by atoms with Crippen molar-refractivity contribution in [2.45, 2.75) is 24.8 Å². The number of carbonyl (C=O) groups is 2. The van der Waals surface area contributed by atoms with Gasteiger partial charge in [0, 0.05) is 5.75 Å². The third kappa shape index (κ3) is 1.36. The number of nitrogens with two attached hydrogens (primary N) is 1. The Bertz CT molecular complexity index is 366. The summed E-state index contributed by atoms with van der Waals surface area (Å²) < 4.78 is 0. The third-order valence-corrected chi connectivity index (χ3v) is 4.07. The first-order valence-electron chi connectivity index (χ1n) is 4.71. The number of thioether (sulfide) groups is 1. The lowest BCUT2D eigenvalue weighted by Crippen LogP contribution is -2.69. The molecule has 1 amide bonds. The van der Waals surface area contributed by atoms with Gasteiger partial charge in [0.1, 0.15) is 11.4 Å². The molecule has 1 fully saturated rings. The Hall–Kier alpha value is -1.01. The fourth-order valence-electron chi connectivity index (χ4n) is 1.84. The van der Waals surface area contributed by atoms with Crippen molar-refractivity contribution >= 4 is 23.6 Å². The van der Waals surface area contributed by atoms with E-state index in [1.807, 2.05) is 6.92 Å². The molecule has 2 aliphatic rings. The lowest BCUT2D eigenvalue weighted by atomic mass is 10.0. The van der Waals surface area contributed by atoms with Crippen LogP contribution >= 0.6 is 11.8 Å². The Morgan fingerprint density at radius 2 is 2.40 bits per heavy atom. The van der Waals surface area contributed by atoms with Crippen molar-refractivity contribution in [3.63, 3.8) is 0 Å². The maximum absolute atomic E-state index is 11.4. The van der Waals surface area contributed by atoms with Gasteiger partial charge in [-0.1, -0.05) is 6.92 Å². The number of amides is 1. The highest BCUT2D eigenvalue weighted by Gasteiger charge is 2.49. The molecule has 0 radical (unpaired) electrons. The molecule has 0 bridgehead atoms. The molecule has 0 aliphatic carbocycles. The van der Waals surface area contributed by atoms with Crippen molar-refractivity contribution in [2.24, 2.45) is 5.73 Å². The van der Waals surface area contributed by atoms with Crippen LogP contribution in [0.1, 0.15) is 13.3 Å². The van der Waals surface area contributed by atoms with Crippen LogP contribution in [-0.2, 0) is 9.59 Å². The summed E-state index contributed by atoms with van der Waals surface area (Å²) in [5.41, 5.74) is 6.36. The highest BCUT2D eigenvalue weighted by molar-refractivity contribution is 8.00. The van der Waals surface area contributed by atoms with Gasteiger partial charge in [-0.2, -0.15) is 0 Å². The van der Waals surface area contributed by atoms with Crippen LogP contribution in [0.4, 0.5) is 0 Å². The van der Waals surface area contributed by atoms with E-state index in [4.69, 9.17) is 5.73 Å². The van der Waals surface area contributed by atoms with Crippen LogP contribution < -0.4 is 10.8 Å². The van der Waals surface area contributed by atoms with Crippen LogP contribution in [0.3, 0.4) is 0 Å². The Morgan fingerprint density at radius 1 is 1.73 bits per heavy atom. The number of β-lactam (4-membered cyclic amide) rings is 1. The maximum Gasteiger partial charge on any atom is 0.248 e. The second-order valence-electron chi connectivity index (χ2n) is 3.53. The maximum atomic E-state index is 11.4. The molecule has 2 heterocycles. The summed E-state index contributed by atoms with van der Waals surface area (Å²) in [6.45, 7) is 1.86. The molecule has 2 aliphatic heterocycles. The van der Waals surface area contributed by atoms with Crippen molar-refractivity contribution < 1.29 is 14.7 Å². The van der Waals surface area contributed by atoms with Gasteiger partial charge in [-0.15, -0.1) is 11.8 Å². The first-order valence-corrected chi connectivity index (χ1v) is 5.76. The van der Waals surface area contributed by atoms with E-state index >= 15 is 0 Å². The largest absolute Gasteiger partial charge is 0.543 e. The van der Waals surface area contributed by atoms with Crippen LogP contribution in [0.15, 0.2) is 11.3 Å². The van der Waals surface area contributed by atoms with E-state index in [1.165, 1.54) is 16.7 Å². The Labute approximate surface area is 91.3 Å². The first-order chi connectivity index (χ1) is 7.07. The zero-order chi connectivity index (χ0) is 11.2. The molecule has 82 valence electrons. The van der Waals surface area contributed by atoms with Crippen molar-refractivity contribution in [2.75, 3.05) is 5.75 Å². The van der Waals surface area contributed by atoms with Crippen LogP contribution in [0.5, 0.6) is 0 Å². The Balaban J connectivity index is 2.38. The quantitative estimate of drug-likeness (QED) is 0.589. The molecule has 0 saturated carbocycles. The molecule has 0 spiro atoms. The summed E-state index contributed by atoms with van der Waals surface area (Å²) >= 11 is 1.51. The Morgan fingerprint density at radius 3 is 2.93 bits per heavy atom. The highest BCUT2D eigenvalue weighted by atomic mass is 32.2. The molecular weight excluding hydrogens is 216 g/mol. The third-order valence-electron chi connectivity index (χ3n) is 2.71. The molecule has 5 nitrogen and oxygen atoms in total. The summed E-state index contributed by atoms with van der Waals surface area (Å²) in [6, 6.07) is -0.567. The van der Waals surface area contributed by atoms with Crippen LogP contribution in [-0.4, -0.2) is 33.9 Å². The molecule has 0 aromatic rings. The van der Waals surface area contributed by atoms with Gasteiger partial charge >= 0.3 is 0 Å². The molecule has 15 heavy (non-hydrogen) atoms. The second kappa shape index (κ2) is 3.53. The van der Waals surface area contributed by atoms with E-state index in [-0.39, 0.29) is 17.0 Å². The summed E-state index contributed by atoms with van der Waals surface area (Å²) in [7, 11) is 0. The monoisotopic (exact) mass is 227 g/mol. The topological polar surface area (TPSA) is 86.5 Å². The van der Waals surface area contributed by atoms with Crippen molar-refractivity contribution in [3.05, 3.63) is 11.3 Å². The number of carboxylic acids is 1.